The minimum Gasteiger partial charge on any atom is -1.00 e. The number of hydrogen-bond acceptors (Lipinski definition) is 0. The van der Waals surface area contributed by atoms with Crippen LogP contribution >= 0.6 is 0 Å². The quantitative estimate of drug-likeness (QED) is 0.330. The molecule has 0 bridgehead atoms. The zero-order valence-corrected chi connectivity index (χ0v) is 7.48. The van der Waals surface area contributed by atoms with E-state index in [9.17, 15) is 39.5 Å². The smallest absolute Gasteiger partial charge is 0.575 e. The molecule has 0 spiro atoms. The minimum absolute atomic E-state index is 0. The van der Waals surface area contributed by atoms with Crippen molar-refractivity contribution in [3.63, 3.8) is 0 Å². The van der Waals surface area contributed by atoms with Gasteiger partial charge in [-0.1, -0.05) is 4.48 Å². The number of hydrogen-bond donors (Lipinski definition) is 0. The highest BCUT2D eigenvalue weighted by molar-refractivity contribution is 4.46. The van der Waals surface area contributed by atoms with E-state index in [1.807, 2.05) is 0 Å². The first-order chi connectivity index (χ1) is 5.75. The summed E-state index contributed by atoms with van der Waals surface area (Å²) in [7, 11) is -1.00. The van der Waals surface area contributed by atoms with Crippen LogP contribution in [0.4, 0.5) is 39.5 Å². The van der Waals surface area contributed by atoms with Gasteiger partial charge in [-0.15, -0.1) is 39.5 Å². The van der Waals surface area contributed by atoms with Gasteiger partial charge in [0.1, 0.15) is 0 Å². The zero-order valence-electron chi connectivity index (χ0n) is 6.73. The van der Waals surface area contributed by atoms with Gasteiger partial charge in [0.2, 0.25) is 0 Å². The van der Waals surface area contributed by atoms with Gasteiger partial charge in [-0.05, 0) is 0 Å². The number of alkyl halides is 9. The molecular formula is C4H3ClF9N. The van der Waals surface area contributed by atoms with Gasteiger partial charge in [0.05, 0.1) is 7.05 Å². The lowest BCUT2D eigenvalue weighted by atomic mass is 10.6. The molecular weight excluding hydrogens is 268 g/mol. The van der Waals surface area contributed by atoms with Crippen LogP contribution in [0, 0.1) is 0 Å². The summed E-state index contributed by atoms with van der Waals surface area (Å²) in [6, 6.07) is 0. The monoisotopic (exact) mass is 271 g/mol. The Hall–Kier alpha value is -0.380. The molecule has 0 aliphatic heterocycles. The Morgan fingerprint density at radius 2 is 0.733 bits per heavy atom. The first-order valence-electron chi connectivity index (χ1n) is 2.82. The third-order valence-corrected chi connectivity index (χ3v) is 1.52. The summed E-state index contributed by atoms with van der Waals surface area (Å²) in [6.07, 6.45) is -19.5. The van der Waals surface area contributed by atoms with Crippen molar-refractivity contribution in [3.8, 4) is 0 Å². The van der Waals surface area contributed by atoms with Crippen LogP contribution in [0.2, 0.25) is 0 Å². The highest BCUT2D eigenvalue weighted by Crippen LogP contribution is 2.49. The van der Waals surface area contributed by atoms with Gasteiger partial charge < -0.3 is 12.4 Å². The Balaban J connectivity index is 0. The largest absolute Gasteiger partial charge is 1.00 e. The first-order valence-corrected chi connectivity index (χ1v) is 2.82. The van der Waals surface area contributed by atoms with Crippen LogP contribution in [0.3, 0.4) is 0 Å². The molecule has 0 amide bonds. The predicted octanol–water partition coefficient (Wildman–Crippen LogP) is -0.00360. The first kappa shape index (κ1) is 17.0. The third kappa shape index (κ3) is 2.60. The summed E-state index contributed by atoms with van der Waals surface area (Å²) in [5, 5.41) is 0. The van der Waals surface area contributed by atoms with Crippen molar-refractivity contribution in [2.24, 2.45) is 0 Å². The summed E-state index contributed by atoms with van der Waals surface area (Å²) >= 11 is 0. The molecule has 0 rings (SSSR count). The summed E-state index contributed by atoms with van der Waals surface area (Å²) in [6.45, 7) is 0. The van der Waals surface area contributed by atoms with Crippen molar-refractivity contribution in [2.45, 2.75) is 18.9 Å². The fraction of sp³-hybridized carbons (Fsp3) is 1.00. The molecule has 11 heteroatoms. The number of rotatable bonds is 0. The molecule has 0 aliphatic carbocycles. The van der Waals surface area contributed by atoms with E-state index in [0.29, 0.717) is 0 Å². The number of quaternary nitrogens is 1. The molecule has 0 unspecified atom stereocenters. The predicted molar refractivity (Wildman–Crippen MR) is 24.3 cm³/mol. The molecule has 0 aromatic rings. The van der Waals surface area contributed by atoms with Crippen molar-refractivity contribution in [2.75, 3.05) is 7.05 Å². The van der Waals surface area contributed by atoms with Crippen molar-refractivity contribution in [1.29, 1.82) is 0 Å². The molecule has 1 nitrogen and oxygen atoms in total. The second-order valence-electron chi connectivity index (χ2n) is 2.41. The van der Waals surface area contributed by atoms with E-state index >= 15 is 0 Å². The summed E-state index contributed by atoms with van der Waals surface area (Å²) in [4.78, 5) is 0. The van der Waals surface area contributed by atoms with Crippen LogP contribution < -0.4 is 12.4 Å². The third-order valence-electron chi connectivity index (χ3n) is 1.52. The van der Waals surface area contributed by atoms with Crippen molar-refractivity contribution in [3.05, 3.63) is 0 Å². The topological polar surface area (TPSA) is 0 Å². The number of halogens is 10. The van der Waals surface area contributed by atoms with Gasteiger partial charge in [0, 0.05) is 0 Å². The molecule has 0 heterocycles. The molecule has 0 saturated heterocycles. The summed E-state index contributed by atoms with van der Waals surface area (Å²) < 4.78 is 99.7. The molecule has 0 N–H and O–H groups in total. The van der Waals surface area contributed by atoms with Crippen LogP contribution in [-0.2, 0) is 0 Å². The van der Waals surface area contributed by atoms with Gasteiger partial charge in [0.25, 0.3) is 0 Å². The van der Waals surface area contributed by atoms with E-state index in [0.717, 1.165) is 0 Å². The molecule has 0 fully saturated rings. The molecule has 0 radical (unpaired) electrons. The van der Waals surface area contributed by atoms with Crippen molar-refractivity contribution >= 4 is 0 Å². The van der Waals surface area contributed by atoms with Gasteiger partial charge >= 0.3 is 18.9 Å². The molecule has 0 aliphatic rings. The summed E-state index contributed by atoms with van der Waals surface area (Å²) in [5.74, 6) is 0. The van der Waals surface area contributed by atoms with Gasteiger partial charge in [-0.3, -0.25) is 0 Å². The van der Waals surface area contributed by atoms with Crippen molar-refractivity contribution < 1.29 is 56.4 Å². The van der Waals surface area contributed by atoms with Crippen LogP contribution in [-0.4, -0.2) is 30.4 Å². The maximum atomic E-state index is 11.6. The van der Waals surface area contributed by atoms with Crippen LogP contribution in [0.5, 0.6) is 0 Å². The van der Waals surface area contributed by atoms with Crippen LogP contribution in [0.25, 0.3) is 0 Å². The van der Waals surface area contributed by atoms with Crippen LogP contribution in [0.1, 0.15) is 0 Å². The SMILES string of the molecule is C[N+](C(F)(F)F)(C(F)(F)F)C(F)(F)F.[Cl-]. The molecule has 0 aromatic carbocycles. The maximum Gasteiger partial charge on any atom is 0.575 e. The highest BCUT2D eigenvalue weighted by atomic mass is 35.5. The molecule has 0 aromatic heterocycles. The molecule has 94 valence electrons. The molecule has 0 saturated carbocycles. The standard InChI is InChI=1S/C4H3F9N.ClH/c1-14(2(5,6)7,3(8,9)10)4(11,12)13;/h1H3;1H/q+1;/p-1. The lowest BCUT2D eigenvalue weighted by Gasteiger charge is -2.35. The molecule has 0 atom stereocenters. The Labute approximate surface area is 83.4 Å². The summed E-state index contributed by atoms with van der Waals surface area (Å²) in [5.41, 5.74) is 0. The second kappa shape index (κ2) is 3.89. The van der Waals surface area contributed by atoms with Gasteiger partial charge in [0.15, 0.2) is 0 Å². The van der Waals surface area contributed by atoms with E-state index in [1.165, 1.54) is 0 Å². The molecule has 15 heavy (non-hydrogen) atoms. The van der Waals surface area contributed by atoms with E-state index in [4.69, 9.17) is 0 Å². The highest BCUT2D eigenvalue weighted by Gasteiger charge is 2.81. The lowest BCUT2D eigenvalue weighted by Crippen LogP contribution is -3.00. The Morgan fingerprint density at radius 1 is 0.600 bits per heavy atom. The van der Waals surface area contributed by atoms with Crippen LogP contribution in [0.15, 0.2) is 0 Å². The van der Waals surface area contributed by atoms with E-state index in [-0.39, 0.29) is 12.4 Å². The normalized spacial score (nSPS) is 14.8. The fourth-order valence-electron chi connectivity index (χ4n) is 0.431. The Bertz CT molecular complexity index is 176. The minimum atomic E-state index is -6.49. The maximum absolute atomic E-state index is 11.6. The van der Waals surface area contributed by atoms with E-state index in [2.05, 4.69) is 0 Å². The number of nitrogens with zero attached hydrogens (tertiary/aromatic N) is 1. The zero-order chi connectivity index (χ0) is 12.0. The van der Waals surface area contributed by atoms with Gasteiger partial charge in [-0.25, -0.2) is 0 Å². The van der Waals surface area contributed by atoms with E-state index in [1.54, 1.807) is 0 Å². The average molecular weight is 272 g/mol. The van der Waals surface area contributed by atoms with E-state index < -0.39 is 30.4 Å². The Kier molecular flexibility index (Phi) is 4.41. The lowest BCUT2D eigenvalue weighted by molar-refractivity contribution is -1.16. The van der Waals surface area contributed by atoms with Gasteiger partial charge in [-0.2, -0.15) is 0 Å². The fourth-order valence-corrected chi connectivity index (χ4v) is 0.431. The Morgan fingerprint density at radius 3 is 0.733 bits per heavy atom. The second-order valence-corrected chi connectivity index (χ2v) is 2.41. The average Bonchev–Trinajstić information content (AvgIpc) is 1.77. The van der Waals surface area contributed by atoms with Crippen molar-refractivity contribution in [1.82, 2.24) is 0 Å².